The van der Waals surface area contributed by atoms with Crippen LogP contribution in [0.25, 0.3) is 0 Å². The number of nitrogens with zero attached hydrogens (tertiary/aromatic N) is 1. The number of hydrogen-bond donors (Lipinski definition) is 0. The average Bonchev–Trinajstić information content (AvgIpc) is 2.46. The molecule has 0 saturated heterocycles. The van der Waals surface area contributed by atoms with Crippen molar-refractivity contribution in [3.05, 3.63) is 59.9 Å². The first-order valence-corrected chi connectivity index (χ1v) is 6.29. The maximum Gasteiger partial charge on any atom is 0.201 e. The van der Waals surface area contributed by atoms with Crippen molar-refractivity contribution in [3.63, 3.8) is 0 Å². The molecule has 0 saturated carbocycles. The number of ketones is 2. The van der Waals surface area contributed by atoms with Gasteiger partial charge in [0.15, 0.2) is 6.61 Å². The van der Waals surface area contributed by atoms with Gasteiger partial charge in [0.1, 0.15) is 11.5 Å². The van der Waals surface area contributed by atoms with E-state index >= 15 is 0 Å². The highest BCUT2D eigenvalue weighted by Crippen LogP contribution is 2.13. The molecule has 0 bridgehead atoms. The van der Waals surface area contributed by atoms with Crippen molar-refractivity contribution in [1.82, 2.24) is 4.98 Å². The summed E-state index contributed by atoms with van der Waals surface area (Å²) in [6.45, 7) is 1.52. The second kappa shape index (κ2) is 6.61. The third-order valence-corrected chi connectivity index (χ3v) is 2.73. The number of carbonyl (C=O) groups excluding carboxylic acids is 2. The number of benzene rings is 1. The Kier molecular flexibility index (Phi) is 4.60. The minimum absolute atomic E-state index is 0.0300. The summed E-state index contributed by atoms with van der Waals surface area (Å²) in [7, 11) is 0. The van der Waals surface area contributed by atoms with Gasteiger partial charge in [-0.1, -0.05) is 12.1 Å². The van der Waals surface area contributed by atoms with Crippen molar-refractivity contribution in [1.29, 1.82) is 0 Å². The van der Waals surface area contributed by atoms with Crippen LogP contribution in [0.5, 0.6) is 5.75 Å². The first kappa shape index (κ1) is 13.9. The molecule has 0 fully saturated rings. The fourth-order valence-electron chi connectivity index (χ4n) is 1.75. The standard InChI is InChI=1S/C16H15NO3/c1-12(18)9-13-4-6-15(7-5-13)20-11-16(19)14-3-2-8-17-10-14/h2-8,10H,9,11H2,1H3. The van der Waals surface area contributed by atoms with Crippen LogP contribution in [0.15, 0.2) is 48.8 Å². The minimum Gasteiger partial charge on any atom is -0.485 e. The van der Waals surface area contributed by atoms with Gasteiger partial charge in [0.2, 0.25) is 5.78 Å². The van der Waals surface area contributed by atoms with E-state index in [2.05, 4.69) is 4.98 Å². The lowest BCUT2D eigenvalue weighted by molar-refractivity contribution is -0.116. The van der Waals surface area contributed by atoms with Crippen molar-refractivity contribution in [3.8, 4) is 5.75 Å². The van der Waals surface area contributed by atoms with Gasteiger partial charge in [-0.2, -0.15) is 0 Å². The monoisotopic (exact) mass is 269 g/mol. The third-order valence-electron chi connectivity index (χ3n) is 2.73. The fourth-order valence-corrected chi connectivity index (χ4v) is 1.75. The summed E-state index contributed by atoms with van der Waals surface area (Å²) in [5, 5.41) is 0. The van der Waals surface area contributed by atoms with E-state index < -0.39 is 0 Å². The zero-order valence-corrected chi connectivity index (χ0v) is 11.2. The number of ether oxygens (including phenoxy) is 1. The predicted molar refractivity (Wildman–Crippen MR) is 74.9 cm³/mol. The summed E-state index contributed by atoms with van der Waals surface area (Å²) in [4.78, 5) is 26.7. The van der Waals surface area contributed by atoms with Gasteiger partial charge in [-0.25, -0.2) is 0 Å². The summed E-state index contributed by atoms with van der Waals surface area (Å²) in [6, 6.07) is 10.6. The van der Waals surface area contributed by atoms with Crippen LogP contribution in [0.3, 0.4) is 0 Å². The molecule has 0 aliphatic rings. The van der Waals surface area contributed by atoms with Gasteiger partial charge >= 0.3 is 0 Å². The number of carbonyl (C=O) groups is 2. The molecule has 2 rings (SSSR count). The summed E-state index contributed by atoms with van der Waals surface area (Å²) >= 11 is 0. The van der Waals surface area contributed by atoms with E-state index in [4.69, 9.17) is 4.74 Å². The van der Waals surface area contributed by atoms with Crippen molar-refractivity contribution >= 4 is 11.6 Å². The Morgan fingerprint density at radius 1 is 1.15 bits per heavy atom. The van der Waals surface area contributed by atoms with Crippen LogP contribution in [-0.4, -0.2) is 23.2 Å². The van der Waals surface area contributed by atoms with Gasteiger partial charge in [0.05, 0.1) is 0 Å². The minimum atomic E-state index is -0.120. The van der Waals surface area contributed by atoms with E-state index in [0.717, 1.165) is 5.56 Å². The Balaban J connectivity index is 1.91. The smallest absolute Gasteiger partial charge is 0.201 e. The molecule has 2 aromatic rings. The van der Waals surface area contributed by atoms with E-state index in [0.29, 0.717) is 17.7 Å². The zero-order valence-electron chi connectivity index (χ0n) is 11.2. The van der Waals surface area contributed by atoms with E-state index in [1.807, 2.05) is 12.1 Å². The van der Waals surface area contributed by atoms with Crippen molar-refractivity contribution in [2.24, 2.45) is 0 Å². The molecule has 1 aromatic carbocycles. The summed E-state index contributed by atoms with van der Waals surface area (Å²) in [6.07, 6.45) is 3.54. The van der Waals surface area contributed by atoms with Crippen LogP contribution >= 0.6 is 0 Å². The molecule has 0 spiro atoms. The highest BCUT2D eigenvalue weighted by molar-refractivity contribution is 5.96. The van der Waals surface area contributed by atoms with E-state index in [1.165, 1.54) is 6.20 Å². The second-order valence-corrected chi connectivity index (χ2v) is 4.48. The summed E-state index contributed by atoms with van der Waals surface area (Å²) in [5.74, 6) is 0.603. The maximum absolute atomic E-state index is 11.8. The van der Waals surface area contributed by atoms with Gasteiger partial charge in [-0.05, 0) is 36.8 Å². The molecule has 0 radical (unpaired) electrons. The van der Waals surface area contributed by atoms with Crippen LogP contribution in [0.4, 0.5) is 0 Å². The second-order valence-electron chi connectivity index (χ2n) is 4.48. The van der Waals surface area contributed by atoms with E-state index in [-0.39, 0.29) is 18.2 Å². The van der Waals surface area contributed by atoms with Crippen molar-refractivity contribution < 1.29 is 14.3 Å². The quantitative estimate of drug-likeness (QED) is 0.756. The van der Waals surface area contributed by atoms with Gasteiger partial charge in [-0.15, -0.1) is 0 Å². The summed E-state index contributed by atoms with van der Waals surface area (Å²) < 4.78 is 5.42. The molecular weight excluding hydrogens is 254 g/mol. The maximum atomic E-state index is 11.8. The van der Waals surface area contributed by atoms with Gasteiger partial charge in [-0.3, -0.25) is 14.6 Å². The molecular formula is C16H15NO3. The fraction of sp³-hybridized carbons (Fsp3) is 0.188. The molecule has 0 aliphatic carbocycles. The highest BCUT2D eigenvalue weighted by atomic mass is 16.5. The first-order chi connectivity index (χ1) is 9.65. The third kappa shape index (κ3) is 4.02. The predicted octanol–water partition coefficient (Wildman–Crippen LogP) is 2.47. The molecule has 102 valence electrons. The number of Topliss-reactive ketones (excluding diaryl/α,β-unsaturated/α-hetero) is 2. The molecule has 0 aliphatic heterocycles. The molecule has 1 aromatic heterocycles. The Morgan fingerprint density at radius 2 is 1.90 bits per heavy atom. The number of hydrogen-bond acceptors (Lipinski definition) is 4. The Hall–Kier alpha value is -2.49. The van der Waals surface area contributed by atoms with Gasteiger partial charge in [0, 0.05) is 24.4 Å². The van der Waals surface area contributed by atoms with Crippen molar-refractivity contribution in [2.75, 3.05) is 6.61 Å². The lowest BCUT2D eigenvalue weighted by Gasteiger charge is -2.06. The lowest BCUT2D eigenvalue weighted by Crippen LogP contribution is -2.11. The van der Waals surface area contributed by atoms with Crippen molar-refractivity contribution in [2.45, 2.75) is 13.3 Å². The Labute approximate surface area is 117 Å². The number of pyridine rings is 1. The molecule has 0 atom stereocenters. The lowest BCUT2D eigenvalue weighted by atomic mass is 10.1. The topological polar surface area (TPSA) is 56.3 Å². The Bertz CT molecular complexity index is 591. The molecule has 0 unspecified atom stereocenters. The van der Waals surface area contributed by atoms with Crippen LogP contribution in [0.2, 0.25) is 0 Å². The molecule has 0 amide bonds. The van der Waals surface area contributed by atoms with Gasteiger partial charge < -0.3 is 4.74 Å². The average molecular weight is 269 g/mol. The molecule has 1 heterocycles. The molecule has 4 heteroatoms. The number of aromatic nitrogens is 1. The van der Waals surface area contributed by atoms with Crippen LogP contribution < -0.4 is 4.74 Å². The van der Waals surface area contributed by atoms with Crippen LogP contribution in [0, 0.1) is 0 Å². The number of rotatable bonds is 6. The van der Waals surface area contributed by atoms with E-state index in [9.17, 15) is 9.59 Å². The van der Waals surface area contributed by atoms with Gasteiger partial charge in [0.25, 0.3) is 0 Å². The largest absolute Gasteiger partial charge is 0.485 e. The highest BCUT2D eigenvalue weighted by Gasteiger charge is 2.06. The molecule has 20 heavy (non-hydrogen) atoms. The van der Waals surface area contributed by atoms with Crippen LogP contribution in [0.1, 0.15) is 22.8 Å². The molecule has 0 N–H and O–H groups in total. The first-order valence-electron chi connectivity index (χ1n) is 6.29. The normalized spacial score (nSPS) is 10.1. The SMILES string of the molecule is CC(=O)Cc1ccc(OCC(=O)c2cccnc2)cc1. The Morgan fingerprint density at radius 3 is 2.50 bits per heavy atom. The molecule has 4 nitrogen and oxygen atoms in total. The van der Waals surface area contributed by atoms with E-state index in [1.54, 1.807) is 37.4 Å². The summed E-state index contributed by atoms with van der Waals surface area (Å²) in [5.41, 5.74) is 1.46. The zero-order chi connectivity index (χ0) is 14.4. The van der Waals surface area contributed by atoms with Crippen LogP contribution in [-0.2, 0) is 11.2 Å².